The van der Waals surface area contributed by atoms with E-state index >= 15 is 0 Å². The van der Waals surface area contributed by atoms with Gasteiger partial charge in [-0.2, -0.15) is 12.8 Å². The van der Waals surface area contributed by atoms with Gasteiger partial charge in [-0.25, -0.2) is 0 Å². The summed E-state index contributed by atoms with van der Waals surface area (Å²) >= 11 is 1.34. The van der Waals surface area contributed by atoms with E-state index in [0.717, 1.165) is 16.0 Å². The van der Waals surface area contributed by atoms with Crippen LogP contribution in [0.5, 0.6) is 0 Å². The molecule has 0 aliphatic carbocycles. The van der Waals surface area contributed by atoms with Crippen molar-refractivity contribution in [2.75, 3.05) is 0 Å². The van der Waals surface area contributed by atoms with E-state index in [0.29, 0.717) is 5.04 Å². The molecule has 0 heterocycles. The molecule has 3 aromatic rings. The maximum absolute atomic E-state index is 12.7. The lowest BCUT2D eigenvalue weighted by molar-refractivity contribution is 0.598. The third kappa shape index (κ3) is 4.59. The first-order chi connectivity index (χ1) is 12.0. The Morgan fingerprint density at radius 3 is 1.96 bits per heavy atom. The van der Waals surface area contributed by atoms with Crippen LogP contribution >= 0.6 is 11.8 Å². The average Bonchev–Trinajstić information content (AvgIpc) is 2.64. The summed E-state index contributed by atoms with van der Waals surface area (Å²) in [6, 6.07) is 25.6. The van der Waals surface area contributed by atoms with Gasteiger partial charge >= 0.3 is 0 Å². The topological polar surface area (TPSA) is 46.5 Å². The molecule has 5 heteroatoms. The smallest absolute Gasteiger partial charge is 0.199 e. The second-order valence-electron chi connectivity index (χ2n) is 5.47. The quantitative estimate of drug-likeness (QED) is 0.373. The minimum Gasteiger partial charge on any atom is -0.199 e. The Balaban J connectivity index is 2.03. The normalized spacial score (nSPS) is 12.1. The molecule has 0 saturated carbocycles. The summed E-state index contributed by atoms with van der Waals surface area (Å²) < 4.78 is 29.4. The van der Waals surface area contributed by atoms with Crippen LogP contribution in [0.2, 0.25) is 0 Å². The van der Waals surface area contributed by atoms with Crippen LogP contribution in [0.15, 0.2) is 99.1 Å². The maximum Gasteiger partial charge on any atom is 0.283 e. The number of thioether (sulfide) groups is 1. The molecule has 0 bridgehead atoms. The molecular formula is C20H17NO2S2. The second-order valence-corrected chi connectivity index (χ2v) is 8.13. The summed E-state index contributed by atoms with van der Waals surface area (Å²) in [7, 11) is -3.77. The third-order valence-electron chi connectivity index (χ3n) is 3.50. The number of nitrogens with zero attached hydrogens (tertiary/aromatic N) is 1. The molecule has 0 saturated heterocycles. The van der Waals surface area contributed by atoms with E-state index in [1.807, 2.05) is 61.5 Å². The highest BCUT2D eigenvalue weighted by atomic mass is 32.2. The molecule has 0 amide bonds. The largest absolute Gasteiger partial charge is 0.283 e. The number of sulfonamides is 1. The zero-order valence-electron chi connectivity index (χ0n) is 13.7. The van der Waals surface area contributed by atoms with E-state index in [4.69, 9.17) is 0 Å². The monoisotopic (exact) mass is 367 g/mol. The van der Waals surface area contributed by atoms with E-state index in [9.17, 15) is 8.42 Å². The van der Waals surface area contributed by atoms with Crippen LogP contribution in [0.1, 0.15) is 11.1 Å². The van der Waals surface area contributed by atoms with Gasteiger partial charge in [-0.3, -0.25) is 0 Å². The summed E-state index contributed by atoms with van der Waals surface area (Å²) in [5.74, 6) is 0. The van der Waals surface area contributed by atoms with Crippen molar-refractivity contribution in [1.82, 2.24) is 0 Å². The van der Waals surface area contributed by atoms with Crippen molar-refractivity contribution in [3.63, 3.8) is 0 Å². The molecule has 25 heavy (non-hydrogen) atoms. The predicted molar refractivity (Wildman–Crippen MR) is 104 cm³/mol. The van der Waals surface area contributed by atoms with Gasteiger partial charge in [0.1, 0.15) is 5.04 Å². The molecule has 0 radical (unpaired) electrons. The highest BCUT2D eigenvalue weighted by molar-refractivity contribution is 8.15. The van der Waals surface area contributed by atoms with E-state index in [1.54, 1.807) is 30.3 Å². The SMILES string of the molecule is Cc1ccc(SC(=NS(=O)(=O)c2ccccc2)c2ccccc2)cc1. The first-order valence-corrected chi connectivity index (χ1v) is 10.0. The molecule has 0 aliphatic heterocycles. The van der Waals surface area contributed by atoms with Crippen LogP contribution in [0.4, 0.5) is 0 Å². The number of aryl methyl sites for hydroxylation is 1. The molecule has 3 rings (SSSR count). The fourth-order valence-electron chi connectivity index (χ4n) is 2.18. The zero-order valence-corrected chi connectivity index (χ0v) is 15.3. The van der Waals surface area contributed by atoms with E-state index < -0.39 is 10.0 Å². The molecular weight excluding hydrogens is 350 g/mol. The highest BCUT2D eigenvalue weighted by Crippen LogP contribution is 2.26. The Kier molecular flexibility index (Phi) is 5.36. The lowest BCUT2D eigenvalue weighted by Gasteiger charge is -2.08. The Morgan fingerprint density at radius 1 is 0.800 bits per heavy atom. The summed E-state index contributed by atoms with van der Waals surface area (Å²) in [6.45, 7) is 2.01. The van der Waals surface area contributed by atoms with Gasteiger partial charge in [0.05, 0.1) is 4.90 Å². The van der Waals surface area contributed by atoms with E-state index in [-0.39, 0.29) is 4.90 Å². The Labute approximate surface area is 152 Å². The van der Waals surface area contributed by atoms with Crippen molar-refractivity contribution in [3.8, 4) is 0 Å². The summed E-state index contributed by atoms with van der Waals surface area (Å²) in [5.41, 5.74) is 1.92. The summed E-state index contributed by atoms with van der Waals surface area (Å²) in [6.07, 6.45) is 0. The Hall–Kier alpha value is -2.37. The van der Waals surface area contributed by atoms with Crippen molar-refractivity contribution in [3.05, 3.63) is 96.1 Å². The summed E-state index contributed by atoms with van der Waals surface area (Å²) in [5, 5.41) is 0.452. The number of benzene rings is 3. The highest BCUT2D eigenvalue weighted by Gasteiger charge is 2.16. The molecule has 0 aliphatic rings. The Bertz CT molecular complexity index is 965. The number of hydrogen-bond acceptors (Lipinski definition) is 3. The molecule has 0 spiro atoms. The number of hydrogen-bond donors (Lipinski definition) is 0. The third-order valence-corrected chi connectivity index (χ3v) is 5.93. The first kappa shape index (κ1) is 17.5. The molecule has 3 nitrogen and oxygen atoms in total. The fourth-order valence-corrected chi connectivity index (χ4v) is 4.31. The van der Waals surface area contributed by atoms with Gasteiger partial charge in [0, 0.05) is 10.5 Å². The zero-order chi connectivity index (χ0) is 17.7. The molecule has 126 valence electrons. The second kappa shape index (κ2) is 7.68. The molecule has 0 atom stereocenters. The van der Waals surface area contributed by atoms with Crippen LogP contribution in [-0.4, -0.2) is 13.5 Å². The van der Waals surface area contributed by atoms with Gasteiger partial charge in [-0.15, -0.1) is 0 Å². The van der Waals surface area contributed by atoms with E-state index in [2.05, 4.69) is 4.40 Å². The standard InChI is InChI=1S/C20H17NO2S2/c1-16-12-14-18(15-13-16)24-20(17-8-4-2-5-9-17)21-25(22,23)19-10-6-3-7-11-19/h2-15H,1H3. The number of rotatable bonds is 4. The molecule has 3 aromatic carbocycles. The molecule has 0 unspecified atom stereocenters. The van der Waals surface area contributed by atoms with Crippen molar-refractivity contribution >= 4 is 26.8 Å². The van der Waals surface area contributed by atoms with E-state index in [1.165, 1.54) is 11.8 Å². The van der Waals surface area contributed by atoms with Crippen LogP contribution in [0, 0.1) is 6.92 Å². The van der Waals surface area contributed by atoms with Crippen molar-refractivity contribution < 1.29 is 8.42 Å². The average molecular weight is 367 g/mol. The van der Waals surface area contributed by atoms with Gasteiger partial charge in [0.25, 0.3) is 10.0 Å². The van der Waals surface area contributed by atoms with Crippen molar-refractivity contribution in [1.29, 1.82) is 0 Å². The van der Waals surface area contributed by atoms with Crippen LogP contribution < -0.4 is 0 Å². The fraction of sp³-hybridized carbons (Fsp3) is 0.0500. The van der Waals surface area contributed by atoms with Gasteiger partial charge in [-0.1, -0.05) is 78.0 Å². The Morgan fingerprint density at radius 2 is 1.36 bits per heavy atom. The molecule has 0 fully saturated rings. The van der Waals surface area contributed by atoms with Crippen molar-refractivity contribution in [2.45, 2.75) is 16.7 Å². The van der Waals surface area contributed by atoms with Gasteiger partial charge in [-0.05, 0) is 31.2 Å². The lowest BCUT2D eigenvalue weighted by atomic mass is 10.2. The predicted octanol–water partition coefficient (Wildman–Crippen LogP) is 4.92. The summed E-state index contributed by atoms with van der Waals surface area (Å²) in [4.78, 5) is 1.13. The van der Waals surface area contributed by atoms with Crippen molar-refractivity contribution in [2.24, 2.45) is 4.40 Å². The van der Waals surface area contributed by atoms with Crippen LogP contribution in [0.3, 0.4) is 0 Å². The lowest BCUT2D eigenvalue weighted by Crippen LogP contribution is -2.03. The minimum atomic E-state index is -3.77. The van der Waals surface area contributed by atoms with Crippen LogP contribution in [0.25, 0.3) is 0 Å². The van der Waals surface area contributed by atoms with Crippen LogP contribution in [-0.2, 0) is 10.0 Å². The first-order valence-electron chi connectivity index (χ1n) is 7.74. The molecule has 0 N–H and O–H groups in total. The van der Waals surface area contributed by atoms with Gasteiger partial charge in [0.15, 0.2) is 0 Å². The van der Waals surface area contributed by atoms with Gasteiger partial charge < -0.3 is 0 Å². The van der Waals surface area contributed by atoms with Gasteiger partial charge in [0.2, 0.25) is 0 Å². The molecule has 0 aromatic heterocycles. The maximum atomic E-state index is 12.7. The minimum absolute atomic E-state index is 0.188.